The second-order valence-electron chi connectivity index (χ2n) is 5.70. The monoisotopic (exact) mass is 304 g/mol. The lowest BCUT2D eigenvalue weighted by Crippen LogP contribution is -2.42. The molecular formula is C16H17FN2O3. The maximum atomic E-state index is 13.2. The number of carboxylic acids is 1. The van der Waals surface area contributed by atoms with Gasteiger partial charge in [0.05, 0.1) is 12.3 Å². The van der Waals surface area contributed by atoms with E-state index in [0.29, 0.717) is 24.9 Å². The van der Waals surface area contributed by atoms with Gasteiger partial charge in [-0.25, -0.2) is 4.39 Å². The highest BCUT2D eigenvalue weighted by atomic mass is 19.1. The molecule has 1 aliphatic heterocycles. The van der Waals surface area contributed by atoms with Crippen molar-refractivity contribution in [2.75, 3.05) is 13.1 Å². The van der Waals surface area contributed by atoms with Crippen LogP contribution in [0.2, 0.25) is 0 Å². The van der Waals surface area contributed by atoms with E-state index in [9.17, 15) is 14.0 Å². The van der Waals surface area contributed by atoms with Gasteiger partial charge in [-0.15, -0.1) is 0 Å². The van der Waals surface area contributed by atoms with Crippen LogP contribution < -0.4 is 0 Å². The number of aliphatic carboxylic acids is 1. The normalized spacial score (nSPS) is 18.6. The molecule has 1 aromatic carbocycles. The molecule has 0 bridgehead atoms. The molecule has 22 heavy (non-hydrogen) atoms. The van der Waals surface area contributed by atoms with Crippen molar-refractivity contribution >= 4 is 22.8 Å². The predicted octanol–water partition coefficient (Wildman–Crippen LogP) is 2.17. The fraction of sp³-hybridized carbons (Fsp3) is 0.375. The molecule has 1 saturated heterocycles. The van der Waals surface area contributed by atoms with Gasteiger partial charge >= 0.3 is 5.97 Å². The summed E-state index contributed by atoms with van der Waals surface area (Å²) in [6.07, 6.45) is 3.23. The Morgan fingerprint density at radius 3 is 3.00 bits per heavy atom. The Balaban J connectivity index is 1.74. The van der Waals surface area contributed by atoms with Gasteiger partial charge in [-0.1, -0.05) is 0 Å². The first kappa shape index (κ1) is 14.6. The van der Waals surface area contributed by atoms with Crippen LogP contribution in [-0.2, 0) is 16.0 Å². The Labute approximate surface area is 126 Å². The van der Waals surface area contributed by atoms with Crippen molar-refractivity contribution in [2.45, 2.75) is 19.3 Å². The van der Waals surface area contributed by atoms with Gasteiger partial charge in [0.1, 0.15) is 5.82 Å². The molecule has 0 radical (unpaired) electrons. The number of rotatable bonds is 3. The third kappa shape index (κ3) is 2.81. The first-order valence-corrected chi connectivity index (χ1v) is 7.30. The van der Waals surface area contributed by atoms with Gasteiger partial charge in [0.2, 0.25) is 5.91 Å². The third-order valence-electron chi connectivity index (χ3n) is 4.19. The quantitative estimate of drug-likeness (QED) is 0.912. The second-order valence-corrected chi connectivity index (χ2v) is 5.70. The molecule has 1 fully saturated rings. The summed E-state index contributed by atoms with van der Waals surface area (Å²) in [6.45, 7) is 0.866. The fourth-order valence-electron chi connectivity index (χ4n) is 2.98. The van der Waals surface area contributed by atoms with E-state index in [4.69, 9.17) is 5.11 Å². The lowest BCUT2D eigenvalue weighted by atomic mass is 9.97. The first-order valence-electron chi connectivity index (χ1n) is 7.30. The Hall–Kier alpha value is -2.37. The van der Waals surface area contributed by atoms with Crippen LogP contribution in [0.15, 0.2) is 24.4 Å². The van der Waals surface area contributed by atoms with Crippen molar-refractivity contribution < 1.29 is 19.1 Å². The summed E-state index contributed by atoms with van der Waals surface area (Å²) < 4.78 is 13.2. The lowest BCUT2D eigenvalue weighted by Gasteiger charge is -2.30. The molecule has 0 unspecified atom stereocenters. The first-order chi connectivity index (χ1) is 10.5. The molecule has 0 saturated carbocycles. The van der Waals surface area contributed by atoms with Crippen molar-refractivity contribution in [3.05, 3.63) is 35.8 Å². The Bertz CT molecular complexity index is 725. The van der Waals surface area contributed by atoms with Gasteiger partial charge in [0, 0.05) is 30.2 Å². The molecule has 1 amide bonds. The molecule has 116 valence electrons. The number of nitrogens with zero attached hydrogens (tertiary/aromatic N) is 1. The van der Waals surface area contributed by atoms with Crippen molar-refractivity contribution in [3.63, 3.8) is 0 Å². The summed E-state index contributed by atoms with van der Waals surface area (Å²) in [5.74, 6) is -1.74. The number of carbonyl (C=O) groups excluding carboxylic acids is 1. The van der Waals surface area contributed by atoms with Gasteiger partial charge < -0.3 is 15.0 Å². The average molecular weight is 304 g/mol. The van der Waals surface area contributed by atoms with Crippen LogP contribution in [0.25, 0.3) is 10.9 Å². The molecule has 6 heteroatoms. The van der Waals surface area contributed by atoms with E-state index in [-0.39, 0.29) is 24.7 Å². The molecule has 3 rings (SSSR count). The predicted molar refractivity (Wildman–Crippen MR) is 78.9 cm³/mol. The maximum absolute atomic E-state index is 13.2. The molecule has 2 aromatic rings. The number of amides is 1. The van der Waals surface area contributed by atoms with E-state index in [1.54, 1.807) is 17.2 Å². The molecular weight excluding hydrogens is 287 g/mol. The number of hydrogen-bond donors (Lipinski definition) is 2. The number of H-pyrrole nitrogens is 1. The summed E-state index contributed by atoms with van der Waals surface area (Å²) in [4.78, 5) is 28.0. The van der Waals surface area contributed by atoms with E-state index in [2.05, 4.69) is 4.98 Å². The number of halogens is 1. The minimum absolute atomic E-state index is 0.0869. The topological polar surface area (TPSA) is 73.4 Å². The maximum Gasteiger partial charge on any atom is 0.308 e. The van der Waals surface area contributed by atoms with Crippen molar-refractivity contribution in [1.29, 1.82) is 0 Å². The van der Waals surface area contributed by atoms with Gasteiger partial charge in [-0.05, 0) is 36.6 Å². The second kappa shape index (κ2) is 5.79. The molecule has 1 aliphatic rings. The lowest BCUT2D eigenvalue weighted by molar-refractivity contribution is -0.145. The summed E-state index contributed by atoms with van der Waals surface area (Å²) in [5, 5.41) is 9.90. The van der Waals surface area contributed by atoms with Crippen LogP contribution in [0, 0.1) is 11.7 Å². The number of aromatic amines is 1. The zero-order valence-electron chi connectivity index (χ0n) is 12.0. The van der Waals surface area contributed by atoms with Crippen molar-refractivity contribution in [1.82, 2.24) is 9.88 Å². The van der Waals surface area contributed by atoms with Gasteiger partial charge in [-0.3, -0.25) is 9.59 Å². The van der Waals surface area contributed by atoms with Crippen molar-refractivity contribution in [3.8, 4) is 0 Å². The fourth-order valence-corrected chi connectivity index (χ4v) is 2.98. The third-order valence-corrected chi connectivity index (χ3v) is 4.19. The SMILES string of the molecule is O=C(O)[C@H]1CCCN(C(=O)Cc2c[nH]c3cc(F)ccc23)C1. The standard InChI is InChI=1S/C16H17FN2O3/c17-12-3-4-13-11(8-18-14(13)7-12)6-15(20)19-5-1-2-10(9-19)16(21)22/h3-4,7-8,10,18H,1-2,5-6,9H2,(H,21,22)/t10-/m0/s1. The van der Waals surface area contributed by atoms with Gasteiger partial charge in [0.25, 0.3) is 0 Å². The Morgan fingerprint density at radius 2 is 2.23 bits per heavy atom. The molecule has 0 spiro atoms. The minimum atomic E-state index is -0.847. The summed E-state index contributed by atoms with van der Waals surface area (Å²) >= 11 is 0. The molecule has 2 N–H and O–H groups in total. The highest BCUT2D eigenvalue weighted by Gasteiger charge is 2.28. The van der Waals surface area contributed by atoms with Crippen LogP contribution in [0.4, 0.5) is 4.39 Å². The Kier molecular flexibility index (Phi) is 3.83. The highest BCUT2D eigenvalue weighted by molar-refractivity contribution is 5.89. The number of hydrogen-bond acceptors (Lipinski definition) is 2. The minimum Gasteiger partial charge on any atom is -0.481 e. The van der Waals surface area contributed by atoms with E-state index < -0.39 is 11.9 Å². The van der Waals surface area contributed by atoms with E-state index in [0.717, 1.165) is 10.9 Å². The van der Waals surface area contributed by atoms with Crippen LogP contribution in [0.3, 0.4) is 0 Å². The largest absolute Gasteiger partial charge is 0.481 e. The van der Waals surface area contributed by atoms with Gasteiger partial charge in [0.15, 0.2) is 0 Å². The smallest absolute Gasteiger partial charge is 0.308 e. The summed E-state index contributed by atoms with van der Waals surface area (Å²) in [5.41, 5.74) is 1.46. The number of carbonyl (C=O) groups is 2. The number of carboxylic acid groups (broad SMARTS) is 1. The molecule has 5 nitrogen and oxygen atoms in total. The molecule has 2 heterocycles. The van der Waals surface area contributed by atoms with E-state index in [1.165, 1.54) is 12.1 Å². The number of piperidine rings is 1. The molecule has 1 atom stereocenters. The Morgan fingerprint density at radius 1 is 1.41 bits per heavy atom. The van der Waals surface area contributed by atoms with Crippen LogP contribution >= 0.6 is 0 Å². The summed E-state index contributed by atoms with van der Waals surface area (Å²) in [7, 11) is 0. The van der Waals surface area contributed by atoms with Crippen LogP contribution in [0.1, 0.15) is 18.4 Å². The highest BCUT2D eigenvalue weighted by Crippen LogP contribution is 2.22. The summed E-state index contributed by atoms with van der Waals surface area (Å²) in [6, 6.07) is 4.41. The molecule has 0 aliphatic carbocycles. The van der Waals surface area contributed by atoms with E-state index in [1.807, 2.05) is 0 Å². The number of fused-ring (bicyclic) bond motifs is 1. The average Bonchev–Trinajstić information content (AvgIpc) is 2.89. The van der Waals surface area contributed by atoms with Crippen molar-refractivity contribution in [2.24, 2.45) is 5.92 Å². The zero-order chi connectivity index (χ0) is 15.7. The number of likely N-dealkylation sites (tertiary alicyclic amines) is 1. The van der Waals surface area contributed by atoms with Crippen LogP contribution in [0.5, 0.6) is 0 Å². The van der Waals surface area contributed by atoms with E-state index >= 15 is 0 Å². The molecule has 1 aromatic heterocycles. The van der Waals surface area contributed by atoms with Gasteiger partial charge in [-0.2, -0.15) is 0 Å². The number of benzene rings is 1. The number of nitrogens with one attached hydrogen (secondary N) is 1. The zero-order valence-corrected chi connectivity index (χ0v) is 12.0. The van der Waals surface area contributed by atoms with Crippen LogP contribution in [-0.4, -0.2) is 40.0 Å². The number of aromatic nitrogens is 1.